The first-order chi connectivity index (χ1) is 9.90. The third-order valence-corrected chi connectivity index (χ3v) is 3.22. The lowest BCUT2D eigenvalue weighted by Gasteiger charge is -2.37. The van der Waals surface area contributed by atoms with E-state index < -0.39 is 5.60 Å². The molecule has 116 valence electrons. The SMILES string of the molecule is COc1ccc(C2CNCCN2C(=O)OC(C)(C)C)cn1. The molecule has 1 atom stereocenters. The zero-order valence-corrected chi connectivity index (χ0v) is 13.0. The van der Waals surface area contributed by atoms with Gasteiger partial charge in [0, 0.05) is 31.9 Å². The average molecular weight is 293 g/mol. The highest BCUT2D eigenvalue weighted by Gasteiger charge is 2.31. The van der Waals surface area contributed by atoms with Crippen molar-refractivity contribution >= 4 is 6.09 Å². The van der Waals surface area contributed by atoms with Crippen LogP contribution in [0, 0.1) is 0 Å². The summed E-state index contributed by atoms with van der Waals surface area (Å²) in [4.78, 5) is 18.3. The molecule has 6 nitrogen and oxygen atoms in total. The summed E-state index contributed by atoms with van der Waals surface area (Å²) < 4.78 is 10.6. The maximum Gasteiger partial charge on any atom is 0.410 e. The Balaban J connectivity index is 2.16. The van der Waals surface area contributed by atoms with Gasteiger partial charge in [0.1, 0.15) is 5.60 Å². The first-order valence-corrected chi connectivity index (χ1v) is 7.11. The Kier molecular flexibility index (Phi) is 4.67. The van der Waals surface area contributed by atoms with Crippen LogP contribution in [0.4, 0.5) is 4.79 Å². The van der Waals surface area contributed by atoms with Gasteiger partial charge in [-0.3, -0.25) is 4.90 Å². The minimum atomic E-state index is -0.495. The lowest BCUT2D eigenvalue weighted by atomic mass is 10.1. The highest BCUT2D eigenvalue weighted by atomic mass is 16.6. The van der Waals surface area contributed by atoms with Gasteiger partial charge in [0.05, 0.1) is 13.2 Å². The smallest absolute Gasteiger partial charge is 0.410 e. The van der Waals surface area contributed by atoms with Crippen LogP contribution < -0.4 is 10.1 Å². The summed E-state index contributed by atoms with van der Waals surface area (Å²) in [6.45, 7) is 7.68. The number of hydrogen-bond acceptors (Lipinski definition) is 5. The Hall–Kier alpha value is -1.82. The number of carbonyl (C=O) groups is 1. The summed E-state index contributed by atoms with van der Waals surface area (Å²) in [6.07, 6.45) is 1.46. The zero-order chi connectivity index (χ0) is 15.5. The molecule has 0 spiro atoms. The fourth-order valence-electron chi connectivity index (χ4n) is 2.25. The van der Waals surface area contributed by atoms with E-state index in [1.165, 1.54) is 0 Å². The van der Waals surface area contributed by atoms with E-state index in [4.69, 9.17) is 9.47 Å². The van der Waals surface area contributed by atoms with Crippen LogP contribution in [-0.2, 0) is 4.74 Å². The quantitative estimate of drug-likeness (QED) is 0.903. The fraction of sp³-hybridized carbons (Fsp3) is 0.600. The summed E-state index contributed by atoms with van der Waals surface area (Å²) in [5, 5.41) is 3.30. The molecule has 0 bridgehead atoms. The van der Waals surface area contributed by atoms with E-state index in [9.17, 15) is 4.79 Å². The van der Waals surface area contributed by atoms with Gasteiger partial charge in [-0.1, -0.05) is 0 Å². The molecular formula is C15H23N3O3. The number of nitrogens with zero attached hydrogens (tertiary/aromatic N) is 2. The van der Waals surface area contributed by atoms with Crippen molar-refractivity contribution in [2.75, 3.05) is 26.7 Å². The second kappa shape index (κ2) is 6.30. The van der Waals surface area contributed by atoms with Gasteiger partial charge >= 0.3 is 6.09 Å². The predicted molar refractivity (Wildman–Crippen MR) is 79.3 cm³/mol. The number of nitrogens with one attached hydrogen (secondary N) is 1. The Labute approximate surface area is 125 Å². The van der Waals surface area contributed by atoms with Gasteiger partial charge in [-0.05, 0) is 32.4 Å². The highest BCUT2D eigenvalue weighted by molar-refractivity contribution is 5.69. The number of amides is 1. The fourth-order valence-corrected chi connectivity index (χ4v) is 2.25. The molecule has 1 aliphatic heterocycles. The van der Waals surface area contributed by atoms with Crippen LogP contribution in [0.15, 0.2) is 18.3 Å². The van der Waals surface area contributed by atoms with Crippen LogP contribution in [0.5, 0.6) is 5.88 Å². The summed E-state index contributed by atoms with van der Waals surface area (Å²) in [5.74, 6) is 0.561. The van der Waals surface area contributed by atoms with E-state index in [0.29, 0.717) is 19.0 Å². The van der Waals surface area contributed by atoms with Crippen molar-refractivity contribution < 1.29 is 14.3 Å². The molecule has 1 aromatic heterocycles. The zero-order valence-electron chi connectivity index (χ0n) is 13.0. The number of carbonyl (C=O) groups excluding carboxylic acids is 1. The molecule has 6 heteroatoms. The Morgan fingerprint density at radius 2 is 2.19 bits per heavy atom. The van der Waals surface area contributed by atoms with Crippen molar-refractivity contribution in [3.8, 4) is 5.88 Å². The van der Waals surface area contributed by atoms with Crippen molar-refractivity contribution in [1.82, 2.24) is 15.2 Å². The number of pyridine rings is 1. The minimum absolute atomic E-state index is 0.0768. The normalized spacial score (nSPS) is 19.2. The average Bonchev–Trinajstić information content (AvgIpc) is 2.45. The molecule has 0 saturated carbocycles. The van der Waals surface area contributed by atoms with E-state index in [-0.39, 0.29) is 12.1 Å². The molecular weight excluding hydrogens is 270 g/mol. The molecule has 1 aromatic rings. The van der Waals surface area contributed by atoms with Gasteiger partial charge in [0.2, 0.25) is 5.88 Å². The van der Waals surface area contributed by atoms with E-state index >= 15 is 0 Å². The van der Waals surface area contributed by atoms with Crippen LogP contribution in [0.1, 0.15) is 32.4 Å². The monoisotopic (exact) mass is 293 g/mol. The van der Waals surface area contributed by atoms with Crippen LogP contribution in [0.2, 0.25) is 0 Å². The Morgan fingerprint density at radius 3 is 2.76 bits per heavy atom. The molecule has 1 aliphatic rings. The van der Waals surface area contributed by atoms with Crippen LogP contribution in [-0.4, -0.2) is 48.3 Å². The molecule has 1 amide bonds. The van der Waals surface area contributed by atoms with Crippen molar-refractivity contribution in [2.45, 2.75) is 32.4 Å². The number of rotatable bonds is 2. The van der Waals surface area contributed by atoms with Gasteiger partial charge in [-0.2, -0.15) is 0 Å². The largest absolute Gasteiger partial charge is 0.481 e. The summed E-state index contributed by atoms with van der Waals surface area (Å²) in [7, 11) is 1.58. The Bertz CT molecular complexity index is 482. The molecule has 1 saturated heterocycles. The lowest BCUT2D eigenvalue weighted by Crippen LogP contribution is -2.50. The third kappa shape index (κ3) is 4.07. The van der Waals surface area contributed by atoms with Crippen LogP contribution >= 0.6 is 0 Å². The molecule has 0 radical (unpaired) electrons. The number of methoxy groups -OCH3 is 1. The molecule has 1 unspecified atom stereocenters. The van der Waals surface area contributed by atoms with Crippen molar-refractivity contribution in [1.29, 1.82) is 0 Å². The second-order valence-electron chi connectivity index (χ2n) is 6.03. The number of hydrogen-bond donors (Lipinski definition) is 1. The van der Waals surface area contributed by atoms with Crippen LogP contribution in [0.3, 0.4) is 0 Å². The molecule has 0 aliphatic carbocycles. The lowest BCUT2D eigenvalue weighted by molar-refractivity contribution is 0.0117. The summed E-state index contributed by atoms with van der Waals surface area (Å²) >= 11 is 0. The predicted octanol–water partition coefficient (Wildman–Crippen LogP) is 1.97. The Morgan fingerprint density at radius 1 is 1.43 bits per heavy atom. The maximum atomic E-state index is 12.4. The van der Waals surface area contributed by atoms with E-state index in [1.54, 1.807) is 24.3 Å². The van der Waals surface area contributed by atoms with Crippen molar-refractivity contribution in [3.63, 3.8) is 0 Å². The first-order valence-electron chi connectivity index (χ1n) is 7.11. The standard InChI is InChI=1S/C15H23N3O3/c1-15(2,3)21-14(19)18-8-7-16-10-12(18)11-5-6-13(20-4)17-9-11/h5-6,9,12,16H,7-8,10H2,1-4H3. The number of ether oxygens (including phenoxy) is 2. The highest BCUT2D eigenvalue weighted by Crippen LogP contribution is 2.25. The summed E-state index contributed by atoms with van der Waals surface area (Å²) in [5.41, 5.74) is 0.471. The van der Waals surface area contributed by atoms with Crippen molar-refractivity contribution in [2.24, 2.45) is 0 Å². The van der Waals surface area contributed by atoms with Crippen molar-refractivity contribution in [3.05, 3.63) is 23.9 Å². The second-order valence-corrected chi connectivity index (χ2v) is 6.03. The van der Waals surface area contributed by atoms with Gasteiger partial charge in [-0.15, -0.1) is 0 Å². The molecule has 1 N–H and O–H groups in total. The van der Waals surface area contributed by atoms with E-state index in [2.05, 4.69) is 10.3 Å². The van der Waals surface area contributed by atoms with Gasteiger partial charge < -0.3 is 14.8 Å². The van der Waals surface area contributed by atoms with E-state index in [0.717, 1.165) is 12.1 Å². The van der Waals surface area contributed by atoms with Gasteiger partial charge in [0.25, 0.3) is 0 Å². The molecule has 0 aromatic carbocycles. The van der Waals surface area contributed by atoms with Gasteiger partial charge in [0.15, 0.2) is 0 Å². The van der Waals surface area contributed by atoms with Crippen LogP contribution in [0.25, 0.3) is 0 Å². The topological polar surface area (TPSA) is 63.7 Å². The minimum Gasteiger partial charge on any atom is -0.481 e. The first kappa shape index (κ1) is 15.6. The third-order valence-electron chi connectivity index (χ3n) is 3.22. The maximum absolute atomic E-state index is 12.4. The summed E-state index contributed by atoms with van der Waals surface area (Å²) in [6, 6.07) is 3.66. The number of piperazine rings is 1. The number of aromatic nitrogens is 1. The molecule has 1 fully saturated rings. The van der Waals surface area contributed by atoms with Gasteiger partial charge in [-0.25, -0.2) is 9.78 Å². The van der Waals surface area contributed by atoms with E-state index in [1.807, 2.05) is 26.8 Å². The molecule has 21 heavy (non-hydrogen) atoms. The molecule has 2 rings (SSSR count). The molecule has 2 heterocycles.